The number of carboxylic acid groups (broad SMARTS) is 1. The Bertz CT molecular complexity index is 390. The van der Waals surface area contributed by atoms with E-state index in [0.717, 1.165) is 0 Å². The molecule has 0 bridgehead atoms. The van der Waals surface area contributed by atoms with Crippen LogP contribution in [0, 0.1) is 0 Å². The number of carbonyl (C=O) groups excluding carboxylic acids is 1. The molecule has 1 heterocycles. The Kier molecular flexibility index (Phi) is 2.29. The molecule has 1 aromatic rings. The van der Waals surface area contributed by atoms with Crippen LogP contribution < -0.4 is 4.90 Å². The van der Waals surface area contributed by atoms with Crippen LogP contribution in [0.3, 0.4) is 0 Å². The van der Waals surface area contributed by atoms with Gasteiger partial charge >= 0.3 is 6.16 Å². The van der Waals surface area contributed by atoms with Crippen LogP contribution in [0.5, 0.6) is 0 Å². The first-order valence-corrected chi connectivity index (χ1v) is 4.45. The van der Waals surface area contributed by atoms with Crippen LogP contribution >= 0.6 is 0 Å². The molecular formula is C10H9NO4. The maximum absolute atomic E-state index is 11.3. The van der Waals surface area contributed by atoms with Crippen LogP contribution in [0.15, 0.2) is 30.3 Å². The van der Waals surface area contributed by atoms with Gasteiger partial charge in [0.2, 0.25) is 5.91 Å². The number of β-lactam (4-membered cyclic amide) rings is 1. The van der Waals surface area contributed by atoms with Crippen molar-refractivity contribution in [2.75, 3.05) is 4.90 Å². The van der Waals surface area contributed by atoms with Gasteiger partial charge in [0, 0.05) is 5.69 Å². The summed E-state index contributed by atoms with van der Waals surface area (Å²) < 4.78 is 4.55. The zero-order valence-electron chi connectivity index (χ0n) is 7.79. The van der Waals surface area contributed by atoms with E-state index in [0.29, 0.717) is 5.69 Å². The molecule has 1 saturated heterocycles. The van der Waals surface area contributed by atoms with Crippen molar-refractivity contribution < 1.29 is 19.4 Å². The maximum atomic E-state index is 11.3. The van der Waals surface area contributed by atoms with E-state index in [1.165, 1.54) is 4.90 Å². The highest BCUT2D eigenvalue weighted by Gasteiger charge is 2.40. The first-order chi connectivity index (χ1) is 7.18. The number of hydrogen-bond donors (Lipinski definition) is 1. The molecule has 1 N–H and O–H groups in total. The number of benzene rings is 1. The highest BCUT2D eigenvalue weighted by atomic mass is 16.7. The van der Waals surface area contributed by atoms with Crippen molar-refractivity contribution in [3.05, 3.63) is 30.3 Å². The zero-order chi connectivity index (χ0) is 10.8. The molecule has 1 amide bonds. The molecule has 1 aliphatic rings. The first kappa shape index (κ1) is 9.51. The lowest BCUT2D eigenvalue weighted by atomic mass is 10.1. The minimum absolute atomic E-state index is 0.112. The molecule has 1 aliphatic heterocycles. The van der Waals surface area contributed by atoms with Crippen molar-refractivity contribution in [3.8, 4) is 0 Å². The third-order valence-corrected chi connectivity index (χ3v) is 2.18. The molecule has 1 atom stereocenters. The van der Waals surface area contributed by atoms with Crippen molar-refractivity contribution in [1.82, 2.24) is 0 Å². The number of rotatable bonds is 2. The molecule has 1 fully saturated rings. The number of amides is 1. The lowest BCUT2D eigenvalue weighted by Gasteiger charge is -2.38. The summed E-state index contributed by atoms with van der Waals surface area (Å²) in [5.41, 5.74) is 0.653. The minimum Gasteiger partial charge on any atom is -0.450 e. The Labute approximate surface area is 85.9 Å². The van der Waals surface area contributed by atoms with E-state index in [9.17, 15) is 9.59 Å². The molecule has 5 heteroatoms. The molecule has 0 saturated carbocycles. The number of carbonyl (C=O) groups is 2. The van der Waals surface area contributed by atoms with Crippen molar-refractivity contribution in [2.45, 2.75) is 12.6 Å². The number of hydrogen-bond acceptors (Lipinski definition) is 3. The molecule has 5 nitrogen and oxygen atoms in total. The van der Waals surface area contributed by atoms with E-state index in [4.69, 9.17) is 5.11 Å². The highest BCUT2D eigenvalue weighted by Crippen LogP contribution is 2.28. The minimum atomic E-state index is -1.37. The van der Waals surface area contributed by atoms with Gasteiger partial charge in [0.25, 0.3) is 0 Å². The Morgan fingerprint density at radius 3 is 2.60 bits per heavy atom. The third kappa shape index (κ3) is 1.76. The van der Waals surface area contributed by atoms with Crippen molar-refractivity contribution in [3.63, 3.8) is 0 Å². The van der Waals surface area contributed by atoms with E-state index in [1.54, 1.807) is 24.3 Å². The summed E-state index contributed by atoms with van der Waals surface area (Å²) in [5.74, 6) is -0.132. The number of anilines is 1. The Hall–Kier alpha value is -2.04. The van der Waals surface area contributed by atoms with Crippen molar-refractivity contribution in [2.24, 2.45) is 0 Å². The van der Waals surface area contributed by atoms with Crippen LogP contribution in [-0.2, 0) is 9.53 Å². The number of para-hydroxylation sites is 1. The third-order valence-electron chi connectivity index (χ3n) is 2.18. The van der Waals surface area contributed by atoms with E-state index in [-0.39, 0.29) is 12.3 Å². The van der Waals surface area contributed by atoms with Gasteiger partial charge in [0.05, 0.1) is 6.42 Å². The smallest absolute Gasteiger partial charge is 0.450 e. The Morgan fingerprint density at radius 1 is 1.40 bits per heavy atom. The van der Waals surface area contributed by atoms with Gasteiger partial charge in [-0.3, -0.25) is 9.69 Å². The lowest BCUT2D eigenvalue weighted by Crippen LogP contribution is -2.54. The second-order valence-corrected chi connectivity index (χ2v) is 3.14. The van der Waals surface area contributed by atoms with Crippen LogP contribution in [0.1, 0.15) is 6.42 Å². The fourth-order valence-corrected chi connectivity index (χ4v) is 1.50. The molecule has 0 spiro atoms. The Morgan fingerprint density at radius 2 is 2.07 bits per heavy atom. The first-order valence-electron chi connectivity index (χ1n) is 4.45. The number of ether oxygens (including phenoxy) is 1. The zero-order valence-corrected chi connectivity index (χ0v) is 7.79. The SMILES string of the molecule is O=C(O)OC1CC(=O)N1c1ccccc1. The fraction of sp³-hybridized carbons (Fsp3) is 0.200. The van der Waals surface area contributed by atoms with Crippen LogP contribution in [0.4, 0.5) is 10.5 Å². The highest BCUT2D eigenvalue weighted by molar-refractivity contribution is 6.00. The average Bonchev–Trinajstić information content (AvgIpc) is 2.17. The van der Waals surface area contributed by atoms with E-state index >= 15 is 0 Å². The largest absolute Gasteiger partial charge is 0.507 e. The molecule has 1 aromatic carbocycles. The van der Waals surface area contributed by atoms with Gasteiger partial charge in [-0.1, -0.05) is 18.2 Å². The standard InChI is InChI=1S/C10H9NO4/c12-8-6-9(15-10(13)14)11(8)7-4-2-1-3-5-7/h1-5,9H,6H2,(H,13,14). The second-order valence-electron chi connectivity index (χ2n) is 3.14. The van der Waals surface area contributed by atoms with Crippen LogP contribution in [-0.4, -0.2) is 23.4 Å². The molecule has 78 valence electrons. The molecule has 0 aliphatic carbocycles. The van der Waals surface area contributed by atoms with Gasteiger partial charge in [0.15, 0.2) is 6.23 Å². The van der Waals surface area contributed by atoms with E-state index < -0.39 is 12.4 Å². The predicted molar refractivity (Wildman–Crippen MR) is 51.4 cm³/mol. The van der Waals surface area contributed by atoms with Crippen LogP contribution in [0.2, 0.25) is 0 Å². The fourth-order valence-electron chi connectivity index (χ4n) is 1.50. The second kappa shape index (κ2) is 3.61. The summed E-state index contributed by atoms with van der Waals surface area (Å²) in [6.07, 6.45) is -1.94. The molecule has 0 radical (unpaired) electrons. The molecular weight excluding hydrogens is 198 g/mol. The van der Waals surface area contributed by atoms with Crippen LogP contribution in [0.25, 0.3) is 0 Å². The normalized spacial score (nSPS) is 19.6. The molecule has 15 heavy (non-hydrogen) atoms. The molecule has 2 rings (SSSR count). The summed E-state index contributed by atoms with van der Waals surface area (Å²) in [7, 11) is 0. The summed E-state index contributed by atoms with van der Waals surface area (Å²) in [6, 6.07) is 8.84. The summed E-state index contributed by atoms with van der Waals surface area (Å²) in [6.45, 7) is 0. The Balaban J connectivity index is 2.14. The monoisotopic (exact) mass is 207 g/mol. The van der Waals surface area contributed by atoms with Crippen molar-refractivity contribution in [1.29, 1.82) is 0 Å². The average molecular weight is 207 g/mol. The van der Waals surface area contributed by atoms with Gasteiger partial charge in [-0.05, 0) is 12.1 Å². The summed E-state index contributed by atoms with van der Waals surface area (Å²) >= 11 is 0. The van der Waals surface area contributed by atoms with E-state index in [2.05, 4.69) is 4.74 Å². The summed E-state index contributed by atoms with van der Waals surface area (Å²) in [5, 5.41) is 8.44. The topological polar surface area (TPSA) is 66.8 Å². The number of nitrogens with zero attached hydrogens (tertiary/aromatic N) is 1. The quantitative estimate of drug-likeness (QED) is 0.588. The van der Waals surface area contributed by atoms with Gasteiger partial charge in [-0.25, -0.2) is 4.79 Å². The molecule has 1 unspecified atom stereocenters. The maximum Gasteiger partial charge on any atom is 0.507 e. The lowest BCUT2D eigenvalue weighted by molar-refractivity contribution is -0.130. The van der Waals surface area contributed by atoms with Gasteiger partial charge < -0.3 is 9.84 Å². The van der Waals surface area contributed by atoms with Crippen molar-refractivity contribution >= 4 is 17.7 Å². The van der Waals surface area contributed by atoms with E-state index in [1.807, 2.05) is 6.07 Å². The van der Waals surface area contributed by atoms with Gasteiger partial charge in [-0.15, -0.1) is 0 Å². The molecule has 0 aromatic heterocycles. The predicted octanol–water partition coefficient (Wildman–Crippen LogP) is 1.44. The summed E-state index contributed by atoms with van der Waals surface area (Å²) in [4.78, 5) is 22.9. The van der Waals surface area contributed by atoms with Gasteiger partial charge in [-0.2, -0.15) is 0 Å². The van der Waals surface area contributed by atoms with Gasteiger partial charge in [0.1, 0.15) is 0 Å².